The zero-order valence-corrected chi connectivity index (χ0v) is 23.1. The van der Waals surface area contributed by atoms with Crippen molar-refractivity contribution in [3.63, 3.8) is 0 Å². The first kappa shape index (κ1) is 26.7. The van der Waals surface area contributed by atoms with Gasteiger partial charge in [-0.2, -0.15) is 5.10 Å². The second kappa shape index (κ2) is 12.0. The average Bonchev–Trinajstić information content (AvgIpc) is 3.63. The summed E-state index contributed by atoms with van der Waals surface area (Å²) in [6, 6.07) is 16.0. The fourth-order valence-corrected chi connectivity index (χ4v) is 5.04. The molecule has 2 aromatic heterocycles. The number of benzene rings is 2. The fraction of sp³-hybridized carbons (Fsp3) is 0.281. The van der Waals surface area contributed by atoms with E-state index in [1.807, 2.05) is 31.2 Å². The Hall–Kier alpha value is -4.47. The minimum atomic E-state index is -0.271. The van der Waals surface area contributed by atoms with Crippen molar-refractivity contribution in [2.24, 2.45) is 0 Å². The third-order valence-electron chi connectivity index (χ3n) is 7.39. The lowest BCUT2D eigenvalue weighted by atomic mass is 9.98. The van der Waals surface area contributed by atoms with Gasteiger partial charge in [0, 0.05) is 54.4 Å². The molecule has 1 fully saturated rings. The van der Waals surface area contributed by atoms with E-state index in [1.165, 1.54) is 5.56 Å². The summed E-state index contributed by atoms with van der Waals surface area (Å²) >= 11 is 0. The molecule has 1 aliphatic carbocycles. The van der Waals surface area contributed by atoms with Gasteiger partial charge in [0.25, 0.3) is 5.91 Å². The zero-order chi connectivity index (χ0) is 28.2. The molecule has 0 atom stereocenters. The van der Waals surface area contributed by atoms with Crippen molar-refractivity contribution < 1.29 is 19.1 Å². The first-order chi connectivity index (χ1) is 20.0. The lowest BCUT2D eigenvalue weighted by Crippen LogP contribution is -2.38. The summed E-state index contributed by atoms with van der Waals surface area (Å²) in [7, 11) is 0. The third kappa shape index (κ3) is 6.48. The molecule has 1 amide bonds. The lowest BCUT2D eigenvalue weighted by Gasteiger charge is -2.26. The number of hydrogen-bond donors (Lipinski definition) is 2. The summed E-state index contributed by atoms with van der Waals surface area (Å²) in [6.07, 6.45) is 6.96. The van der Waals surface area contributed by atoms with Crippen LogP contribution in [0.4, 0.5) is 0 Å². The topological polar surface area (TPSA) is 101 Å². The van der Waals surface area contributed by atoms with E-state index in [1.54, 1.807) is 29.2 Å². The SMILES string of the molecule is Cc1ccc(Cn2cc(C(=O)NC3=CCC(=O)C(c4cc5cc(OCCN6CCOCC6)ccc5[nH]4)=C3)cn2)cc1. The van der Waals surface area contributed by atoms with Crippen molar-refractivity contribution in [3.8, 4) is 5.75 Å². The average molecular weight is 552 g/mol. The van der Waals surface area contributed by atoms with Gasteiger partial charge in [-0.1, -0.05) is 35.9 Å². The van der Waals surface area contributed by atoms with Crippen molar-refractivity contribution in [2.45, 2.75) is 19.9 Å². The number of aryl methyl sites for hydroxylation is 1. The molecule has 2 aromatic carbocycles. The van der Waals surface area contributed by atoms with Crippen LogP contribution in [0.25, 0.3) is 16.5 Å². The smallest absolute Gasteiger partial charge is 0.258 e. The van der Waals surface area contributed by atoms with Crippen LogP contribution < -0.4 is 10.1 Å². The van der Waals surface area contributed by atoms with Crippen LogP contribution in [0.1, 0.15) is 33.6 Å². The number of aromatic amines is 1. The van der Waals surface area contributed by atoms with Gasteiger partial charge in [0.05, 0.1) is 37.2 Å². The number of nitrogens with one attached hydrogen (secondary N) is 2. The molecule has 1 saturated heterocycles. The Kier molecular flexibility index (Phi) is 7.80. The standard InChI is InChI=1S/C32H33N5O4/c1-22-2-4-23(5-3-22)20-37-21-25(19-33-37)32(39)34-26-6-9-31(38)28(18-26)30-17-24-16-27(7-8-29(24)35-30)41-15-12-36-10-13-40-14-11-36/h2-8,16-19,21,35H,9-15,20H2,1H3,(H,34,39). The number of carbonyl (C=O) groups excluding carboxylic acids is 2. The highest BCUT2D eigenvalue weighted by Gasteiger charge is 2.20. The van der Waals surface area contributed by atoms with E-state index in [0.717, 1.165) is 55.1 Å². The molecule has 0 radical (unpaired) electrons. The van der Waals surface area contributed by atoms with Gasteiger partial charge < -0.3 is 19.8 Å². The molecule has 2 aliphatic rings. The molecule has 6 rings (SSSR count). The summed E-state index contributed by atoms with van der Waals surface area (Å²) in [5.41, 5.74) is 5.50. The highest BCUT2D eigenvalue weighted by atomic mass is 16.5. The number of morpholine rings is 1. The van der Waals surface area contributed by atoms with Crippen LogP contribution in [0.2, 0.25) is 0 Å². The molecule has 0 bridgehead atoms. The fourth-order valence-electron chi connectivity index (χ4n) is 5.04. The van der Waals surface area contributed by atoms with Crippen molar-refractivity contribution in [1.29, 1.82) is 0 Å². The lowest BCUT2D eigenvalue weighted by molar-refractivity contribution is -0.113. The number of nitrogens with zero attached hydrogens (tertiary/aromatic N) is 3. The normalized spacial score (nSPS) is 16.0. The summed E-state index contributed by atoms with van der Waals surface area (Å²) in [5, 5.41) is 8.23. The van der Waals surface area contributed by atoms with Gasteiger partial charge in [0.2, 0.25) is 0 Å². The number of carbonyl (C=O) groups is 2. The van der Waals surface area contributed by atoms with Crippen molar-refractivity contribution in [3.05, 3.63) is 101 Å². The van der Waals surface area contributed by atoms with Gasteiger partial charge in [-0.3, -0.25) is 19.2 Å². The van der Waals surface area contributed by atoms with E-state index in [0.29, 0.717) is 35.7 Å². The van der Waals surface area contributed by atoms with Crippen LogP contribution in [0, 0.1) is 6.92 Å². The number of hydrogen-bond acceptors (Lipinski definition) is 6. The number of Topliss-reactive ketones (excluding diaryl/α,β-unsaturated/α-hetero) is 1. The van der Waals surface area contributed by atoms with Gasteiger partial charge in [-0.25, -0.2) is 0 Å². The first-order valence-corrected chi connectivity index (χ1v) is 13.9. The van der Waals surface area contributed by atoms with Crippen molar-refractivity contribution in [2.75, 3.05) is 39.5 Å². The van der Waals surface area contributed by atoms with E-state index in [4.69, 9.17) is 9.47 Å². The molecule has 3 heterocycles. The Balaban J connectivity index is 1.10. The van der Waals surface area contributed by atoms with Gasteiger partial charge in [0.15, 0.2) is 5.78 Å². The zero-order valence-electron chi connectivity index (χ0n) is 23.1. The molecule has 0 unspecified atom stereocenters. The number of ketones is 1. The van der Waals surface area contributed by atoms with Gasteiger partial charge in [0.1, 0.15) is 12.4 Å². The number of fused-ring (bicyclic) bond motifs is 1. The minimum Gasteiger partial charge on any atom is -0.492 e. The molecule has 1 aliphatic heterocycles. The summed E-state index contributed by atoms with van der Waals surface area (Å²) < 4.78 is 13.1. The predicted octanol–water partition coefficient (Wildman–Crippen LogP) is 4.10. The van der Waals surface area contributed by atoms with E-state index >= 15 is 0 Å². The highest BCUT2D eigenvalue weighted by molar-refractivity contribution is 6.23. The summed E-state index contributed by atoms with van der Waals surface area (Å²) in [5.74, 6) is 0.505. The molecule has 4 aromatic rings. The Labute approximate surface area is 238 Å². The Morgan fingerprint density at radius 2 is 1.95 bits per heavy atom. The third-order valence-corrected chi connectivity index (χ3v) is 7.39. The molecule has 2 N–H and O–H groups in total. The molecule has 210 valence electrons. The molecule has 9 nitrogen and oxygen atoms in total. The number of allylic oxidation sites excluding steroid dienone is 3. The van der Waals surface area contributed by atoms with Crippen molar-refractivity contribution >= 4 is 28.2 Å². The minimum absolute atomic E-state index is 0.0116. The Bertz CT molecular complexity index is 1620. The van der Waals surface area contributed by atoms with E-state index < -0.39 is 0 Å². The number of ether oxygens (including phenoxy) is 2. The summed E-state index contributed by atoms with van der Waals surface area (Å²) in [4.78, 5) is 31.5. The van der Waals surface area contributed by atoms with Crippen LogP contribution in [0.15, 0.2) is 78.8 Å². The highest BCUT2D eigenvalue weighted by Crippen LogP contribution is 2.28. The monoisotopic (exact) mass is 551 g/mol. The molecule has 41 heavy (non-hydrogen) atoms. The molecule has 9 heteroatoms. The molecule has 0 saturated carbocycles. The van der Waals surface area contributed by atoms with Crippen molar-refractivity contribution in [1.82, 2.24) is 25.0 Å². The largest absolute Gasteiger partial charge is 0.492 e. The van der Waals surface area contributed by atoms with E-state index in [2.05, 4.69) is 44.6 Å². The Morgan fingerprint density at radius 3 is 2.78 bits per heavy atom. The second-order valence-electron chi connectivity index (χ2n) is 10.4. The Morgan fingerprint density at radius 1 is 1.12 bits per heavy atom. The van der Waals surface area contributed by atoms with Gasteiger partial charge >= 0.3 is 0 Å². The molecular weight excluding hydrogens is 518 g/mol. The maximum absolute atomic E-state index is 13.0. The summed E-state index contributed by atoms with van der Waals surface area (Å²) in [6.45, 7) is 7.49. The first-order valence-electron chi connectivity index (χ1n) is 13.9. The number of amides is 1. The van der Waals surface area contributed by atoms with Crippen LogP contribution in [0.3, 0.4) is 0 Å². The molecular formula is C32H33N5O4. The maximum atomic E-state index is 13.0. The van der Waals surface area contributed by atoms with Crippen LogP contribution in [-0.4, -0.2) is 70.8 Å². The van der Waals surface area contributed by atoms with Crippen LogP contribution in [-0.2, 0) is 16.1 Å². The quantitative estimate of drug-likeness (QED) is 0.325. The van der Waals surface area contributed by atoms with Crippen LogP contribution >= 0.6 is 0 Å². The van der Waals surface area contributed by atoms with Crippen LogP contribution in [0.5, 0.6) is 5.75 Å². The van der Waals surface area contributed by atoms with E-state index in [-0.39, 0.29) is 18.1 Å². The van der Waals surface area contributed by atoms with Gasteiger partial charge in [-0.15, -0.1) is 0 Å². The predicted molar refractivity (Wildman–Crippen MR) is 157 cm³/mol. The number of aromatic nitrogens is 3. The van der Waals surface area contributed by atoms with Gasteiger partial charge in [-0.05, 0) is 42.8 Å². The second-order valence-corrected chi connectivity index (χ2v) is 10.4. The maximum Gasteiger partial charge on any atom is 0.258 e. The van der Waals surface area contributed by atoms with E-state index in [9.17, 15) is 9.59 Å². The number of H-pyrrole nitrogens is 1. The molecule has 0 spiro atoms. The number of rotatable bonds is 9.